The monoisotopic (exact) mass is 356 g/mol. The van der Waals surface area contributed by atoms with E-state index in [2.05, 4.69) is 20.7 Å². The van der Waals surface area contributed by atoms with Gasteiger partial charge in [-0.2, -0.15) is 5.10 Å². The highest BCUT2D eigenvalue weighted by atomic mass is 16.5. The van der Waals surface area contributed by atoms with Gasteiger partial charge in [0.25, 0.3) is 0 Å². The highest BCUT2D eigenvalue weighted by molar-refractivity contribution is 5.93. The minimum absolute atomic E-state index is 0.594. The smallest absolute Gasteiger partial charge is 0.167 e. The maximum Gasteiger partial charge on any atom is 0.167 e. The van der Waals surface area contributed by atoms with Crippen molar-refractivity contribution in [2.24, 2.45) is 0 Å². The number of hydrogen-bond acceptors (Lipinski definition) is 6. The molecule has 0 aliphatic heterocycles. The maximum absolute atomic E-state index is 5.30. The zero-order chi connectivity index (χ0) is 18.4. The van der Waals surface area contributed by atoms with Gasteiger partial charge in [0.2, 0.25) is 0 Å². The lowest BCUT2D eigenvalue weighted by Crippen LogP contribution is -2.00. The van der Waals surface area contributed by atoms with E-state index in [1.54, 1.807) is 6.20 Å². The summed E-state index contributed by atoms with van der Waals surface area (Å²) in [5, 5.41) is 16.5. The Labute approximate surface area is 154 Å². The van der Waals surface area contributed by atoms with E-state index in [9.17, 15) is 0 Å². The predicted octanol–water partition coefficient (Wildman–Crippen LogP) is 4.52. The van der Waals surface area contributed by atoms with E-state index in [1.807, 2.05) is 56.3 Å². The van der Waals surface area contributed by atoms with Crippen LogP contribution in [0.15, 0.2) is 53.2 Å². The van der Waals surface area contributed by atoms with Gasteiger partial charge < -0.3 is 9.84 Å². The fourth-order valence-electron chi connectivity index (χ4n) is 3.24. The summed E-state index contributed by atoms with van der Waals surface area (Å²) in [7, 11) is 0. The molecule has 2 aromatic carbocycles. The van der Waals surface area contributed by atoms with E-state index in [1.165, 1.54) is 0 Å². The fraction of sp³-hybridized carbons (Fsp3) is 0.100. The van der Waals surface area contributed by atoms with E-state index in [-0.39, 0.29) is 0 Å². The number of para-hydroxylation sites is 1. The molecule has 0 radical (unpaired) electrons. The van der Waals surface area contributed by atoms with Crippen molar-refractivity contribution < 1.29 is 4.52 Å². The second-order valence-electron chi connectivity index (χ2n) is 6.41. The molecule has 0 aliphatic rings. The summed E-state index contributed by atoms with van der Waals surface area (Å²) < 4.78 is 5.30. The summed E-state index contributed by atoms with van der Waals surface area (Å²) in [4.78, 5) is 9.50. The topological polar surface area (TPSA) is 92.5 Å². The van der Waals surface area contributed by atoms with Crippen LogP contribution in [0.2, 0.25) is 0 Å². The fourth-order valence-corrected chi connectivity index (χ4v) is 3.24. The molecule has 3 aromatic heterocycles. The minimum Gasteiger partial charge on any atom is -0.361 e. The number of aromatic amines is 1. The summed E-state index contributed by atoms with van der Waals surface area (Å²) in [5.41, 5.74) is 4.37. The first-order valence-corrected chi connectivity index (χ1v) is 8.59. The van der Waals surface area contributed by atoms with Crippen LogP contribution in [0.1, 0.15) is 11.5 Å². The summed E-state index contributed by atoms with van der Waals surface area (Å²) >= 11 is 0. The summed E-state index contributed by atoms with van der Waals surface area (Å²) in [5.74, 6) is 2.03. The molecule has 2 N–H and O–H groups in total. The van der Waals surface area contributed by atoms with E-state index in [4.69, 9.17) is 14.5 Å². The van der Waals surface area contributed by atoms with Gasteiger partial charge in [-0.3, -0.25) is 5.10 Å². The third-order valence-electron chi connectivity index (χ3n) is 4.56. The Balaban J connectivity index is 1.68. The minimum atomic E-state index is 0.594. The Morgan fingerprint density at radius 3 is 2.78 bits per heavy atom. The Bertz CT molecular complexity index is 1270. The van der Waals surface area contributed by atoms with Gasteiger partial charge in [-0.15, -0.1) is 0 Å². The van der Waals surface area contributed by atoms with Crippen molar-refractivity contribution in [3.63, 3.8) is 0 Å². The van der Waals surface area contributed by atoms with Gasteiger partial charge in [0.15, 0.2) is 5.82 Å². The standard InChI is InChI=1S/C20H16N6O/c1-11-18(12(2)27-26-11)20-23-17-6-4-3-5-15(17)19(24-20)22-14-7-8-16-13(9-14)10-21-25-16/h3-10H,1-2H3,(H,21,25)(H,22,23,24). The van der Waals surface area contributed by atoms with Gasteiger partial charge in [-0.1, -0.05) is 17.3 Å². The molecular formula is C20H16N6O. The number of hydrogen-bond donors (Lipinski definition) is 2. The van der Waals surface area contributed by atoms with Crippen LogP contribution >= 0.6 is 0 Å². The lowest BCUT2D eigenvalue weighted by atomic mass is 10.1. The van der Waals surface area contributed by atoms with Crippen LogP contribution in [0.25, 0.3) is 33.2 Å². The number of nitrogens with zero attached hydrogens (tertiary/aromatic N) is 4. The molecule has 0 unspecified atom stereocenters. The van der Waals surface area contributed by atoms with Gasteiger partial charge in [-0.05, 0) is 44.2 Å². The van der Waals surface area contributed by atoms with Gasteiger partial charge in [0.1, 0.15) is 11.6 Å². The van der Waals surface area contributed by atoms with Crippen molar-refractivity contribution in [2.45, 2.75) is 13.8 Å². The molecule has 27 heavy (non-hydrogen) atoms. The molecule has 7 nitrogen and oxygen atoms in total. The number of nitrogens with one attached hydrogen (secondary N) is 2. The first-order valence-electron chi connectivity index (χ1n) is 8.59. The molecule has 0 bridgehead atoms. The number of rotatable bonds is 3. The molecule has 132 valence electrons. The van der Waals surface area contributed by atoms with Crippen LogP contribution in [0.3, 0.4) is 0 Å². The summed E-state index contributed by atoms with van der Waals surface area (Å²) in [6, 6.07) is 13.9. The van der Waals surface area contributed by atoms with Crippen molar-refractivity contribution in [2.75, 3.05) is 5.32 Å². The number of aromatic nitrogens is 5. The van der Waals surface area contributed by atoms with Gasteiger partial charge in [-0.25, -0.2) is 9.97 Å². The highest BCUT2D eigenvalue weighted by Crippen LogP contribution is 2.30. The first kappa shape index (κ1) is 15.5. The average Bonchev–Trinajstić information content (AvgIpc) is 3.27. The Kier molecular flexibility index (Phi) is 3.39. The number of H-pyrrole nitrogens is 1. The number of aryl methyl sites for hydroxylation is 2. The third kappa shape index (κ3) is 2.60. The van der Waals surface area contributed by atoms with Crippen molar-refractivity contribution in [3.05, 3.63) is 60.1 Å². The summed E-state index contributed by atoms with van der Waals surface area (Å²) in [6.07, 6.45) is 1.80. The molecule has 0 fully saturated rings. The highest BCUT2D eigenvalue weighted by Gasteiger charge is 2.17. The van der Waals surface area contributed by atoms with E-state index in [0.717, 1.165) is 44.6 Å². The van der Waals surface area contributed by atoms with Crippen LogP contribution < -0.4 is 5.32 Å². The maximum atomic E-state index is 5.30. The van der Waals surface area contributed by atoms with E-state index >= 15 is 0 Å². The van der Waals surface area contributed by atoms with Crippen molar-refractivity contribution in [1.29, 1.82) is 0 Å². The molecule has 5 rings (SSSR count). The van der Waals surface area contributed by atoms with Crippen LogP contribution in [0.5, 0.6) is 0 Å². The van der Waals surface area contributed by atoms with E-state index in [0.29, 0.717) is 11.6 Å². The van der Waals surface area contributed by atoms with Gasteiger partial charge >= 0.3 is 0 Å². The second kappa shape index (κ2) is 5.91. The van der Waals surface area contributed by atoms with Crippen LogP contribution in [-0.4, -0.2) is 25.3 Å². The van der Waals surface area contributed by atoms with Crippen molar-refractivity contribution in [1.82, 2.24) is 25.3 Å². The van der Waals surface area contributed by atoms with Crippen LogP contribution in [-0.2, 0) is 0 Å². The molecule has 0 atom stereocenters. The molecule has 0 saturated heterocycles. The molecule has 0 saturated carbocycles. The lowest BCUT2D eigenvalue weighted by Gasteiger charge is -2.11. The second-order valence-corrected chi connectivity index (χ2v) is 6.41. The average molecular weight is 356 g/mol. The Hall–Kier alpha value is -3.74. The Morgan fingerprint density at radius 1 is 1.04 bits per heavy atom. The molecule has 5 aromatic rings. The van der Waals surface area contributed by atoms with Gasteiger partial charge in [0.05, 0.1) is 28.5 Å². The molecule has 7 heteroatoms. The molecule has 0 spiro atoms. The summed E-state index contributed by atoms with van der Waals surface area (Å²) in [6.45, 7) is 3.76. The third-order valence-corrected chi connectivity index (χ3v) is 4.56. The van der Waals surface area contributed by atoms with Gasteiger partial charge in [0, 0.05) is 16.5 Å². The lowest BCUT2D eigenvalue weighted by molar-refractivity contribution is 0.393. The molecule has 0 amide bonds. The SMILES string of the molecule is Cc1noc(C)c1-c1nc(Nc2ccc3[nH]ncc3c2)c2ccccc2n1. The predicted molar refractivity (Wildman–Crippen MR) is 104 cm³/mol. The normalized spacial score (nSPS) is 11.3. The number of benzene rings is 2. The zero-order valence-corrected chi connectivity index (χ0v) is 14.8. The zero-order valence-electron chi connectivity index (χ0n) is 14.8. The molecule has 0 aliphatic carbocycles. The first-order chi connectivity index (χ1) is 13.2. The van der Waals surface area contributed by atoms with Crippen molar-refractivity contribution in [3.8, 4) is 11.4 Å². The number of fused-ring (bicyclic) bond motifs is 2. The number of anilines is 2. The largest absolute Gasteiger partial charge is 0.361 e. The van der Waals surface area contributed by atoms with Crippen molar-refractivity contribution >= 4 is 33.3 Å². The molecule has 3 heterocycles. The van der Waals surface area contributed by atoms with Crippen LogP contribution in [0, 0.1) is 13.8 Å². The Morgan fingerprint density at radius 2 is 1.93 bits per heavy atom. The van der Waals surface area contributed by atoms with Crippen LogP contribution in [0.4, 0.5) is 11.5 Å². The van der Waals surface area contributed by atoms with E-state index < -0.39 is 0 Å². The quantitative estimate of drug-likeness (QED) is 0.494. The molecular weight excluding hydrogens is 340 g/mol.